The fraction of sp³-hybridized carbons (Fsp3) is 0.417. The van der Waals surface area contributed by atoms with Crippen molar-refractivity contribution in [2.24, 2.45) is 0 Å². The first-order valence-electron chi connectivity index (χ1n) is 5.64. The average molecular weight is 218 g/mol. The first kappa shape index (κ1) is 9.51. The summed E-state index contributed by atoms with van der Waals surface area (Å²) in [5.41, 5.74) is 1.83. The predicted octanol–water partition coefficient (Wildman–Crippen LogP) is 1.98. The SMILES string of the molecule is O=C1COc2cc(NC3CCC3)ccc2N1. The summed E-state index contributed by atoms with van der Waals surface area (Å²) in [5.74, 6) is 0.663. The van der Waals surface area contributed by atoms with Crippen LogP contribution >= 0.6 is 0 Å². The van der Waals surface area contributed by atoms with Gasteiger partial charge in [-0.1, -0.05) is 0 Å². The summed E-state index contributed by atoms with van der Waals surface area (Å²) >= 11 is 0. The molecule has 0 radical (unpaired) electrons. The van der Waals surface area contributed by atoms with Crippen LogP contribution in [0.15, 0.2) is 18.2 Å². The lowest BCUT2D eigenvalue weighted by molar-refractivity contribution is -0.118. The van der Waals surface area contributed by atoms with Gasteiger partial charge in [0.2, 0.25) is 0 Å². The van der Waals surface area contributed by atoms with E-state index in [0.717, 1.165) is 17.1 Å². The monoisotopic (exact) mass is 218 g/mol. The van der Waals surface area contributed by atoms with Crippen molar-refractivity contribution in [2.45, 2.75) is 25.3 Å². The van der Waals surface area contributed by atoms with E-state index >= 15 is 0 Å². The average Bonchev–Trinajstić information content (AvgIpc) is 2.23. The first-order chi connectivity index (χ1) is 7.81. The van der Waals surface area contributed by atoms with E-state index in [4.69, 9.17) is 4.74 Å². The molecule has 0 bridgehead atoms. The topological polar surface area (TPSA) is 50.4 Å². The highest BCUT2D eigenvalue weighted by Gasteiger charge is 2.19. The van der Waals surface area contributed by atoms with Crippen LogP contribution in [0.4, 0.5) is 11.4 Å². The van der Waals surface area contributed by atoms with Gasteiger partial charge in [0.15, 0.2) is 6.61 Å². The molecule has 1 fully saturated rings. The third kappa shape index (κ3) is 1.71. The standard InChI is InChI=1S/C12H14N2O2/c15-12-7-16-11-6-9(4-5-10(11)14-12)13-8-2-1-3-8/h4-6,8,13H,1-3,7H2,(H,14,15). The van der Waals surface area contributed by atoms with Crippen LogP contribution < -0.4 is 15.4 Å². The molecule has 16 heavy (non-hydrogen) atoms. The van der Waals surface area contributed by atoms with E-state index in [-0.39, 0.29) is 12.5 Å². The van der Waals surface area contributed by atoms with Crippen LogP contribution in [0.3, 0.4) is 0 Å². The number of fused-ring (bicyclic) bond motifs is 1. The van der Waals surface area contributed by atoms with Gasteiger partial charge in [-0.15, -0.1) is 0 Å². The summed E-state index contributed by atoms with van der Waals surface area (Å²) in [7, 11) is 0. The Morgan fingerprint density at radius 2 is 2.25 bits per heavy atom. The zero-order valence-electron chi connectivity index (χ0n) is 8.95. The molecule has 0 aromatic heterocycles. The van der Waals surface area contributed by atoms with Crippen molar-refractivity contribution in [2.75, 3.05) is 17.2 Å². The fourth-order valence-corrected chi connectivity index (χ4v) is 1.95. The zero-order valence-corrected chi connectivity index (χ0v) is 8.95. The van der Waals surface area contributed by atoms with E-state index in [0.29, 0.717) is 6.04 Å². The van der Waals surface area contributed by atoms with Crippen molar-refractivity contribution in [1.82, 2.24) is 0 Å². The number of carbonyl (C=O) groups is 1. The molecule has 2 aliphatic rings. The van der Waals surface area contributed by atoms with Gasteiger partial charge in [0.05, 0.1) is 5.69 Å². The second-order valence-corrected chi connectivity index (χ2v) is 4.32. The Kier molecular flexibility index (Phi) is 2.20. The van der Waals surface area contributed by atoms with Crippen LogP contribution in [-0.2, 0) is 4.79 Å². The molecule has 3 rings (SSSR count). The minimum Gasteiger partial charge on any atom is -0.482 e. The van der Waals surface area contributed by atoms with Gasteiger partial charge in [0.1, 0.15) is 5.75 Å². The van der Waals surface area contributed by atoms with Crippen LogP contribution in [0.2, 0.25) is 0 Å². The molecule has 1 aromatic carbocycles. The molecule has 0 spiro atoms. The highest BCUT2D eigenvalue weighted by Crippen LogP contribution is 2.32. The molecule has 2 N–H and O–H groups in total. The Labute approximate surface area is 94.0 Å². The first-order valence-corrected chi connectivity index (χ1v) is 5.64. The Hall–Kier alpha value is -1.71. The van der Waals surface area contributed by atoms with Gasteiger partial charge in [-0.05, 0) is 31.4 Å². The molecule has 1 amide bonds. The number of ether oxygens (including phenoxy) is 1. The Morgan fingerprint density at radius 3 is 3.00 bits per heavy atom. The normalized spacial score (nSPS) is 19.1. The molecule has 0 unspecified atom stereocenters. The number of hydrogen-bond acceptors (Lipinski definition) is 3. The van der Waals surface area contributed by atoms with Gasteiger partial charge in [-0.25, -0.2) is 0 Å². The minimum atomic E-state index is -0.0906. The second kappa shape index (κ2) is 3.70. The van der Waals surface area contributed by atoms with Gasteiger partial charge < -0.3 is 15.4 Å². The Morgan fingerprint density at radius 1 is 1.38 bits per heavy atom. The molecule has 1 saturated carbocycles. The van der Waals surface area contributed by atoms with Crippen LogP contribution in [0.5, 0.6) is 5.75 Å². The zero-order chi connectivity index (χ0) is 11.0. The van der Waals surface area contributed by atoms with Crippen molar-refractivity contribution in [3.8, 4) is 5.75 Å². The third-order valence-corrected chi connectivity index (χ3v) is 3.09. The quantitative estimate of drug-likeness (QED) is 0.798. The molecule has 1 aromatic rings. The van der Waals surface area contributed by atoms with Crippen LogP contribution in [0.25, 0.3) is 0 Å². The van der Waals surface area contributed by atoms with Crippen molar-refractivity contribution in [1.29, 1.82) is 0 Å². The maximum absolute atomic E-state index is 11.1. The summed E-state index contributed by atoms with van der Waals surface area (Å²) in [6, 6.07) is 6.42. The lowest BCUT2D eigenvalue weighted by Gasteiger charge is -2.28. The number of anilines is 2. The smallest absolute Gasteiger partial charge is 0.262 e. The number of amides is 1. The van der Waals surface area contributed by atoms with Crippen LogP contribution in [0.1, 0.15) is 19.3 Å². The molecule has 1 aliphatic heterocycles. The molecule has 1 aliphatic carbocycles. The van der Waals surface area contributed by atoms with E-state index < -0.39 is 0 Å². The number of rotatable bonds is 2. The maximum atomic E-state index is 11.1. The van der Waals surface area contributed by atoms with Gasteiger partial charge >= 0.3 is 0 Å². The lowest BCUT2D eigenvalue weighted by atomic mass is 9.93. The maximum Gasteiger partial charge on any atom is 0.262 e. The highest BCUT2D eigenvalue weighted by atomic mass is 16.5. The Bertz CT molecular complexity index is 427. The summed E-state index contributed by atoms with van der Waals surface area (Å²) < 4.78 is 5.36. The second-order valence-electron chi connectivity index (χ2n) is 4.32. The van der Waals surface area contributed by atoms with E-state index in [9.17, 15) is 4.79 Å². The highest BCUT2D eigenvalue weighted by molar-refractivity contribution is 5.95. The number of nitrogens with one attached hydrogen (secondary N) is 2. The lowest BCUT2D eigenvalue weighted by Crippen LogP contribution is -2.28. The van der Waals surface area contributed by atoms with Crippen molar-refractivity contribution >= 4 is 17.3 Å². The van der Waals surface area contributed by atoms with E-state index in [1.54, 1.807) is 0 Å². The van der Waals surface area contributed by atoms with E-state index in [2.05, 4.69) is 10.6 Å². The number of hydrogen-bond donors (Lipinski definition) is 2. The molecule has 0 atom stereocenters. The molecule has 1 heterocycles. The summed E-state index contributed by atoms with van der Waals surface area (Å²) in [6.07, 6.45) is 3.80. The molecule has 0 saturated heterocycles. The third-order valence-electron chi connectivity index (χ3n) is 3.09. The summed E-state index contributed by atoms with van der Waals surface area (Å²) in [5, 5.41) is 6.22. The predicted molar refractivity (Wildman–Crippen MR) is 61.8 cm³/mol. The summed E-state index contributed by atoms with van der Waals surface area (Å²) in [4.78, 5) is 11.1. The fourth-order valence-electron chi connectivity index (χ4n) is 1.95. The number of carbonyl (C=O) groups excluding carboxylic acids is 1. The largest absolute Gasteiger partial charge is 0.482 e. The Balaban J connectivity index is 1.78. The van der Waals surface area contributed by atoms with Crippen molar-refractivity contribution in [3.05, 3.63) is 18.2 Å². The van der Waals surface area contributed by atoms with E-state index in [1.165, 1.54) is 19.3 Å². The molecule has 4 heteroatoms. The summed E-state index contributed by atoms with van der Waals surface area (Å²) in [6.45, 7) is 0.111. The van der Waals surface area contributed by atoms with Crippen LogP contribution in [0, 0.1) is 0 Å². The van der Waals surface area contributed by atoms with Crippen molar-refractivity contribution < 1.29 is 9.53 Å². The van der Waals surface area contributed by atoms with Gasteiger partial charge in [-0.2, -0.15) is 0 Å². The molecular weight excluding hydrogens is 204 g/mol. The van der Waals surface area contributed by atoms with E-state index in [1.807, 2.05) is 18.2 Å². The van der Waals surface area contributed by atoms with Gasteiger partial charge in [0.25, 0.3) is 5.91 Å². The molecule has 4 nitrogen and oxygen atoms in total. The number of benzene rings is 1. The minimum absolute atomic E-state index is 0.0906. The molecule has 84 valence electrons. The van der Waals surface area contributed by atoms with Crippen LogP contribution in [-0.4, -0.2) is 18.6 Å². The van der Waals surface area contributed by atoms with Gasteiger partial charge in [0, 0.05) is 17.8 Å². The van der Waals surface area contributed by atoms with Gasteiger partial charge in [-0.3, -0.25) is 4.79 Å². The molecular formula is C12H14N2O2. The van der Waals surface area contributed by atoms with Crippen molar-refractivity contribution in [3.63, 3.8) is 0 Å².